The van der Waals surface area contributed by atoms with E-state index in [1.807, 2.05) is 0 Å². The van der Waals surface area contributed by atoms with Gasteiger partial charge in [0.05, 0.1) is 11.9 Å². The highest BCUT2D eigenvalue weighted by Gasteiger charge is 2.28. The molecule has 1 rings (SSSR count). The molecule has 0 atom stereocenters. The van der Waals surface area contributed by atoms with Crippen molar-refractivity contribution in [1.82, 2.24) is 4.98 Å². The molecule has 1 aromatic heterocycles. The molecule has 6 heteroatoms. The summed E-state index contributed by atoms with van der Waals surface area (Å²) in [6.07, 6.45) is -1.63. The van der Waals surface area contributed by atoms with Crippen molar-refractivity contribution in [2.45, 2.75) is 6.18 Å². The van der Waals surface area contributed by atoms with Gasteiger partial charge in [-0.25, -0.2) is 0 Å². The Bertz CT molecular complexity index is 301. The lowest BCUT2D eigenvalue weighted by Gasteiger charge is -2.11. The second kappa shape index (κ2) is 4.17. The molecule has 0 aliphatic rings. The van der Waals surface area contributed by atoms with Crippen LogP contribution in [0.1, 0.15) is 0 Å². The third-order valence-electron chi connectivity index (χ3n) is 1.45. The Balaban J connectivity index is 2.67. The van der Waals surface area contributed by atoms with Crippen molar-refractivity contribution < 1.29 is 17.9 Å². The first-order valence-corrected chi connectivity index (χ1v) is 3.84. The zero-order chi connectivity index (χ0) is 10.6. The minimum atomic E-state index is -4.33. The molecule has 1 aromatic rings. The van der Waals surface area contributed by atoms with Gasteiger partial charge in [0, 0.05) is 13.2 Å². The number of ether oxygens (including phenoxy) is 1. The quantitative estimate of drug-likeness (QED) is 0.821. The van der Waals surface area contributed by atoms with E-state index >= 15 is 0 Å². The second-order valence-electron chi connectivity index (χ2n) is 2.53. The summed E-state index contributed by atoms with van der Waals surface area (Å²) in [7, 11) is 1.59. The van der Waals surface area contributed by atoms with E-state index in [0.29, 0.717) is 5.69 Å². The van der Waals surface area contributed by atoms with Crippen LogP contribution in [0.15, 0.2) is 18.5 Å². The van der Waals surface area contributed by atoms with E-state index in [4.69, 9.17) is 0 Å². The van der Waals surface area contributed by atoms with Crippen molar-refractivity contribution in [2.24, 2.45) is 0 Å². The highest BCUT2D eigenvalue weighted by Crippen LogP contribution is 2.24. The van der Waals surface area contributed by atoms with E-state index in [9.17, 15) is 13.2 Å². The Hall–Kier alpha value is -1.46. The molecule has 0 saturated carbocycles. The minimum Gasteiger partial charge on any atom is -0.480 e. The molecule has 78 valence electrons. The van der Waals surface area contributed by atoms with Gasteiger partial charge in [0.2, 0.25) is 0 Å². The van der Waals surface area contributed by atoms with Crippen molar-refractivity contribution in [2.75, 3.05) is 19.0 Å². The number of alkyl halides is 3. The molecule has 0 fully saturated rings. The maximum Gasteiger partial charge on any atom is 0.422 e. The van der Waals surface area contributed by atoms with Crippen LogP contribution in [0.5, 0.6) is 5.75 Å². The monoisotopic (exact) mass is 206 g/mol. The van der Waals surface area contributed by atoms with Crippen LogP contribution in [0.3, 0.4) is 0 Å². The van der Waals surface area contributed by atoms with Crippen LogP contribution in [0.2, 0.25) is 0 Å². The summed E-state index contributed by atoms with van der Waals surface area (Å²) < 4.78 is 40.0. The highest BCUT2D eigenvalue weighted by atomic mass is 19.4. The van der Waals surface area contributed by atoms with Gasteiger partial charge in [-0.1, -0.05) is 0 Å². The van der Waals surface area contributed by atoms with Gasteiger partial charge in [0.25, 0.3) is 0 Å². The molecule has 1 heterocycles. The van der Waals surface area contributed by atoms with Crippen LogP contribution in [-0.2, 0) is 0 Å². The third-order valence-corrected chi connectivity index (χ3v) is 1.45. The molecule has 1 N–H and O–H groups in total. The summed E-state index contributed by atoms with van der Waals surface area (Å²) in [4.78, 5) is 3.66. The minimum absolute atomic E-state index is 0.0901. The zero-order valence-electron chi connectivity index (χ0n) is 7.43. The molecule has 0 aliphatic carbocycles. The molecule has 0 bridgehead atoms. The molecule has 0 radical (unpaired) electrons. The average molecular weight is 206 g/mol. The van der Waals surface area contributed by atoms with Gasteiger partial charge >= 0.3 is 6.18 Å². The number of hydrogen-bond acceptors (Lipinski definition) is 3. The van der Waals surface area contributed by atoms with Crippen LogP contribution in [-0.4, -0.2) is 24.8 Å². The molecule has 0 unspecified atom stereocenters. The van der Waals surface area contributed by atoms with Crippen LogP contribution in [0.25, 0.3) is 0 Å². The fourth-order valence-corrected chi connectivity index (χ4v) is 0.861. The third kappa shape index (κ3) is 3.12. The Morgan fingerprint density at radius 2 is 2.21 bits per heavy atom. The van der Waals surface area contributed by atoms with Crippen LogP contribution in [0, 0.1) is 0 Å². The van der Waals surface area contributed by atoms with Crippen molar-refractivity contribution in [3.05, 3.63) is 18.5 Å². The van der Waals surface area contributed by atoms with E-state index in [0.717, 1.165) is 0 Å². The summed E-state index contributed by atoms with van der Waals surface area (Å²) in [5.41, 5.74) is 0.476. The van der Waals surface area contributed by atoms with Gasteiger partial charge in [-0.3, -0.25) is 4.98 Å². The van der Waals surface area contributed by atoms with Gasteiger partial charge in [0.15, 0.2) is 12.4 Å². The van der Waals surface area contributed by atoms with E-state index < -0.39 is 12.8 Å². The normalized spacial score (nSPS) is 11.1. The SMILES string of the molecule is CNc1ccncc1OCC(F)(F)F. The maximum atomic E-state index is 11.8. The molecule has 0 saturated heterocycles. The summed E-state index contributed by atoms with van der Waals surface area (Å²) >= 11 is 0. The van der Waals surface area contributed by atoms with Crippen LogP contribution in [0.4, 0.5) is 18.9 Å². The molecule has 14 heavy (non-hydrogen) atoms. The molecular formula is C8H9F3N2O. The summed E-state index contributed by atoms with van der Waals surface area (Å²) in [6, 6.07) is 1.53. The first-order valence-electron chi connectivity index (χ1n) is 3.84. The topological polar surface area (TPSA) is 34.2 Å². The largest absolute Gasteiger partial charge is 0.480 e. The van der Waals surface area contributed by atoms with Gasteiger partial charge in [-0.2, -0.15) is 13.2 Å². The van der Waals surface area contributed by atoms with Crippen LogP contribution < -0.4 is 10.1 Å². The van der Waals surface area contributed by atoms with E-state index in [1.165, 1.54) is 18.5 Å². The first kappa shape index (κ1) is 10.6. The van der Waals surface area contributed by atoms with Crippen molar-refractivity contribution in [1.29, 1.82) is 0 Å². The number of pyridine rings is 1. The predicted octanol–water partition coefficient (Wildman–Crippen LogP) is 2.06. The zero-order valence-corrected chi connectivity index (χ0v) is 7.43. The predicted molar refractivity (Wildman–Crippen MR) is 45.3 cm³/mol. The second-order valence-corrected chi connectivity index (χ2v) is 2.53. The fraction of sp³-hybridized carbons (Fsp3) is 0.375. The number of rotatable bonds is 3. The molecule has 3 nitrogen and oxygen atoms in total. The molecule has 0 aromatic carbocycles. The lowest BCUT2D eigenvalue weighted by molar-refractivity contribution is -0.153. The molecular weight excluding hydrogens is 197 g/mol. The molecule has 0 amide bonds. The van der Waals surface area contributed by atoms with E-state index in [1.54, 1.807) is 7.05 Å². The van der Waals surface area contributed by atoms with E-state index in [2.05, 4.69) is 15.0 Å². The average Bonchev–Trinajstić information content (AvgIpc) is 2.14. The number of aromatic nitrogens is 1. The van der Waals surface area contributed by atoms with Crippen molar-refractivity contribution >= 4 is 5.69 Å². The Morgan fingerprint density at radius 1 is 1.50 bits per heavy atom. The first-order chi connectivity index (χ1) is 6.53. The molecule has 0 spiro atoms. The Morgan fingerprint density at radius 3 is 2.79 bits per heavy atom. The lowest BCUT2D eigenvalue weighted by atomic mass is 10.4. The van der Waals surface area contributed by atoms with Crippen molar-refractivity contribution in [3.63, 3.8) is 0 Å². The van der Waals surface area contributed by atoms with Gasteiger partial charge in [-0.15, -0.1) is 0 Å². The van der Waals surface area contributed by atoms with Crippen molar-refractivity contribution in [3.8, 4) is 5.75 Å². The maximum absolute atomic E-state index is 11.8. The van der Waals surface area contributed by atoms with E-state index in [-0.39, 0.29) is 5.75 Å². The standard InChI is InChI=1S/C8H9F3N2O/c1-12-6-2-3-13-4-7(6)14-5-8(9,10)11/h2-4H,5H2,1H3,(H,12,13). The Kier molecular flexibility index (Phi) is 3.16. The summed E-state index contributed by atoms with van der Waals surface area (Å²) in [5, 5.41) is 2.70. The fourth-order valence-electron chi connectivity index (χ4n) is 0.861. The molecule has 0 aliphatic heterocycles. The number of anilines is 1. The van der Waals surface area contributed by atoms with Gasteiger partial charge in [0.1, 0.15) is 0 Å². The van der Waals surface area contributed by atoms with Gasteiger partial charge < -0.3 is 10.1 Å². The van der Waals surface area contributed by atoms with Crippen LogP contribution >= 0.6 is 0 Å². The summed E-state index contributed by atoms with van der Waals surface area (Å²) in [5.74, 6) is 0.0901. The van der Waals surface area contributed by atoms with Gasteiger partial charge in [-0.05, 0) is 6.07 Å². The lowest BCUT2D eigenvalue weighted by Crippen LogP contribution is -2.19. The highest BCUT2D eigenvalue weighted by molar-refractivity contribution is 5.53. The number of hydrogen-bond donors (Lipinski definition) is 1. The Labute approximate surface area is 78.9 Å². The number of nitrogens with zero attached hydrogens (tertiary/aromatic N) is 1. The number of halogens is 3. The number of nitrogens with one attached hydrogen (secondary N) is 1. The summed E-state index contributed by atoms with van der Waals surface area (Å²) in [6.45, 7) is -1.31. The smallest absolute Gasteiger partial charge is 0.422 e.